The first-order valence-electron chi connectivity index (χ1n) is 7.01. The number of hydrogen-bond acceptors (Lipinski definition) is 4. The lowest BCUT2D eigenvalue weighted by Gasteiger charge is -2.15. The van der Waals surface area contributed by atoms with Gasteiger partial charge in [0.2, 0.25) is 0 Å². The zero-order valence-electron chi connectivity index (χ0n) is 12.8. The summed E-state index contributed by atoms with van der Waals surface area (Å²) in [7, 11) is 0. The van der Waals surface area contributed by atoms with Crippen molar-refractivity contribution in [2.45, 2.75) is 33.4 Å². The van der Waals surface area contributed by atoms with Gasteiger partial charge in [0.15, 0.2) is 11.9 Å². The molecule has 116 valence electrons. The van der Waals surface area contributed by atoms with Gasteiger partial charge in [-0.25, -0.2) is 0 Å². The number of carbonyl (C=O) groups is 2. The van der Waals surface area contributed by atoms with Crippen LogP contribution in [0.15, 0.2) is 30.5 Å². The molecule has 1 heterocycles. The minimum atomic E-state index is -0.658. The van der Waals surface area contributed by atoms with Crippen molar-refractivity contribution in [2.75, 3.05) is 0 Å². The molecule has 0 unspecified atom stereocenters. The number of ether oxygens (including phenoxy) is 1. The molecule has 2 rings (SSSR count). The number of amides is 1. The van der Waals surface area contributed by atoms with Gasteiger partial charge in [-0.3, -0.25) is 14.7 Å². The van der Waals surface area contributed by atoms with Crippen LogP contribution in [0.4, 0.5) is 0 Å². The predicted octanol–water partition coefficient (Wildman–Crippen LogP) is 2.00. The molecule has 6 heteroatoms. The van der Waals surface area contributed by atoms with Gasteiger partial charge in [0, 0.05) is 23.4 Å². The molecule has 0 radical (unpaired) electrons. The normalized spacial score (nSPS) is 11.8. The van der Waals surface area contributed by atoms with E-state index in [1.165, 1.54) is 6.92 Å². The lowest BCUT2D eigenvalue weighted by atomic mass is 10.1. The number of Topliss-reactive ketones (excluding diaryl/α,β-unsaturated/α-hetero) is 1. The van der Waals surface area contributed by atoms with Gasteiger partial charge in [0.05, 0.1) is 6.20 Å². The number of nitrogens with zero attached hydrogens (tertiary/aromatic N) is 1. The highest BCUT2D eigenvalue weighted by Crippen LogP contribution is 2.15. The van der Waals surface area contributed by atoms with E-state index in [0.29, 0.717) is 17.9 Å². The van der Waals surface area contributed by atoms with E-state index in [9.17, 15) is 9.59 Å². The van der Waals surface area contributed by atoms with Gasteiger partial charge in [-0.1, -0.05) is 12.1 Å². The fraction of sp³-hybridized carbons (Fsp3) is 0.312. The van der Waals surface area contributed by atoms with E-state index < -0.39 is 6.10 Å². The van der Waals surface area contributed by atoms with Gasteiger partial charge >= 0.3 is 0 Å². The van der Waals surface area contributed by atoms with Crippen molar-refractivity contribution in [3.63, 3.8) is 0 Å². The van der Waals surface area contributed by atoms with Crippen LogP contribution in [0.1, 0.15) is 35.5 Å². The third kappa shape index (κ3) is 3.94. The van der Waals surface area contributed by atoms with Crippen LogP contribution >= 0.6 is 0 Å². The summed E-state index contributed by atoms with van der Waals surface area (Å²) in [4.78, 5) is 23.4. The first-order valence-corrected chi connectivity index (χ1v) is 7.01. The van der Waals surface area contributed by atoms with Crippen molar-refractivity contribution in [3.8, 4) is 5.75 Å². The molecular weight excluding hydrogens is 282 g/mol. The van der Waals surface area contributed by atoms with Crippen molar-refractivity contribution in [3.05, 3.63) is 47.3 Å². The van der Waals surface area contributed by atoms with Crippen molar-refractivity contribution in [2.24, 2.45) is 0 Å². The second-order valence-corrected chi connectivity index (χ2v) is 5.08. The molecular formula is C16H19N3O3. The summed E-state index contributed by atoms with van der Waals surface area (Å²) in [6.07, 6.45) is 1.02. The second kappa shape index (κ2) is 6.89. The number of rotatable bonds is 6. The van der Waals surface area contributed by atoms with Crippen LogP contribution in [0, 0.1) is 6.92 Å². The first-order chi connectivity index (χ1) is 10.5. The highest BCUT2D eigenvalue weighted by atomic mass is 16.5. The molecule has 1 aromatic heterocycles. The average Bonchev–Trinajstić information content (AvgIpc) is 2.90. The summed E-state index contributed by atoms with van der Waals surface area (Å²) in [5.41, 5.74) is 2.40. The third-order valence-corrected chi connectivity index (χ3v) is 3.31. The number of nitrogens with one attached hydrogen (secondary N) is 2. The summed E-state index contributed by atoms with van der Waals surface area (Å²) in [6.45, 7) is 5.44. The fourth-order valence-corrected chi connectivity index (χ4v) is 1.93. The van der Waals surface area contributed by atoms with Crippen LogP contribution in [0.5, 0.6) is 5.75 Å². The van der Waals surface area contributed by atoms with Crippen LogP contribution in [0.25, 0.3) is 0 Å². The Morgan fingerprint density at radius 2 is 2.18 bits per heavy atom. The zero-order valence-corrected chi connectivity index (χ0v) is 12.8. The summed E-state index contributed by atoms with van der Waals surface area (Å²) < 4.78 is 5.58. The second-order valence-electron chi connectivity index (χ2n) is 5.08. The maximum absolute atomic E-state index is 12.0. The Labute approximate surface area is 128 Å². The van der Waals surface area contributed by atoms with E-state index in [0.717, 1.165) is 11.3 Å². The number of H-pyrrole nitrogens is 1. The van der Waals surface area contributed by atoms with Crippen LogP contribution in [0.2, 0.25) is 0 Å². The highest BCUT2D eigenvalue weighted by molar-refractivity contribution is 5.94. The SMILES string of the molecule is CC(=O)c1cccc(O[C@@H](C)C(=O)NCc2cn[nH]c2C)c1. The van der Waals surface area contributed by atoms with Crippen molar-refractivity contribution in [1.29, 1.82) is 0 Å². The summed E-state index contributed by atoms with van der Waals surface area (Å²) in [6, 6.07) is 6.79. The van der Waals surface area contributed by atoms with E-state index >= 15 is 0 Å². The number of benzene rings is 1. The van der Waals surface area contributed by atoms with Crippen molar-refractivity contribution in [1.82, 2.24) is 15.5 Å². The van der Waals surface area contributed by atoms with Crippen LogP contribution in [-0.2, 0) is 11.3 Å². The Kier molecular flexibility index (Phi) is 4.93. The summed E-state index contributed by atoms with van der Waals surface area (Å²) >= 11 is 0. The molecule has 0 aliphatic heterocycles. The minimum absolute atomic E-state index is 0.0435. The monoisotopic (exact) mass is 301 g/mol. The molecule has 22 heavy (non-hydrogen) atoms. The molecule has 0 saturated carbocycles. The molecule has 2 N–H and O–H groups in total. The van der Waals surface area contributed by atoms with Crippen LogP contribution in [0.3, 0.4) is 0 Å². The molecule has 1 aromatic carbocycles. The van der Waals surface area contributed by atoms with Crippen molar-refractivity contribution >= 4 is 11.7 Å². The zero-order chi connectivity index (χ0) is 16.1. The minimum Gasteiger partial charge on any atom is -0.481 e. The molecule has 0 spiro atoms. The molecule has 0 saturated heterocycles. The number of ketones is 1. The van der Waals surface area contributed by atoms with Crippen molar-refractivity contribution < 1.29 is 14.3 Å². The lowest BCUT2D eigenvalue weighted by Crippen LogP contribution is -2.36. The highest BCUT2D eigenvalue weighted by Gasteiger charge is 2.15. The Balaban J connectivity index is 1.92. The molecule has 0 aliphatic carbocycles. The standard InChI is InChI=1S/C16H19N3O3/c1-10-14(9-18-19-10)8-17-16(21)12(3)22-15-6-4-5-13(7-15)11(2)20/h4-7,9,12H,8H2,1-3H3,(H,17,21)(H,18,19)/t12-/m0/s1. The Morgan fingerprint density at radius 3 is 2.82 bits per heavy atom. The molecule has 0 fully saturated rings. The lowest BCUT2D eigenvalue weighted by molar-refractivity contribution is -0.127. The fourth-order valence-electron chi connectivity index (χ4n) is 1.93. The number of aryl methyl sites for hydroxylation is 1. The van der Waals surface area contributed by atoms with Crippen LogP contribution < -0.4 is 10.1 Å². The number of aromatic amines is 1. The van der Waals surface area contributed by atoms with Gasteiger partial charge in [-0.15, -0.1) is 0 Å². The Morgan fingerprint density at radius 1 is 1.41 bits per heavy atom. The maximum Gasteiger partial charge on any atom is 0.261 e. The predicted molar refractivity (Wildman–Crippen MR) is 81.7 cm³/mol. The van der Waals surface area contributed by atoms with E-state index in [4.69, 9.17) is 4.74 Å². The molecule has 6 nitrogen and oxygen atoms in total. The van der Waals surface area contributed by atoms with Gasteiger partial charge in [0.1, 0.15) is 5.75 Å². The topological polar surface area (TPSA) is 84.1 Å². The molecule has 1 amide bonds. The average molecular weight is 301 g/mol. The number of carbonyl (C=O) groups excluding carboxylic acids is 2. The van der Waals surface area contributed by atoms with E-state index in [1.807, 2.05) is 6.92 Å². The summed E-state index contributed by atoms with van der Waals surface area (Å²) in [5.74, 6) is 0.224. The molecule has 2 aromatic rings. The number of hydrogen-bond donors (Lipinski definition) is 2. The van der Waals surface area contributed by atoms with Gasteiger partial charge in [-0.05, 0) is 32.9 Å². The van der Waals surface area contributed by atoms with E-state index in [-0.39, 0.29) is 11.7 Å². The van der Waals surface area contributed by atoms with E-state index in [1.54, 1.807) is 37.4 Å². The Hall–Kier alpha value is -2.63. The quantitative estimate of drug-likeness (QED) is 0.799. The Bertz CT molecular complexity index is 679. The summed E-state index contributed by atoms with van der Waals surface area (Å²) in [5, 5.41) is 9.51. The smallest absolute Gasteiger partial charge is 0.261 e. The third-order valence-electron chi connectivity index (χ3n) is 3.31. The van der Waals surface area contributed by atoms with Gasteiger partial charge < -0.3 is 10.1 Å². The van der Waals surface area contributed by atoms with Crippen LogP contribution in [-0.4, -0.2) is 28.0 Å². The molecule has 1 atom stereocenters. The van der Waals surface area contributed by atoms with Gasteiger partial charge in [0.25, 0.3) is 5.91 Å². The van der Waals surface area contributed by atoms with Gasteiger partial charge in [-0.2, -0.15) is 5.10 Å². The van der Waals surface area contributed by atoms with E-state index in [2.05, 4.69) is 15.5 Å². The maximum atomic E-state index is 12.0. The largest absolute Gasteiger partial charge is 0.481 e. The molecule has 0 aliphatic rings. The number of aromatic nitrogens is 2. The first kappa shape index (κ1) is 15.8. The molecule has 0 bridgehead atoms.